The quantitative estimate of drug-likeness (QED) is 0.354. The molecule has 1 saturated heterocycles. The summed E-state index contributed by atoms with van der Waals surface area (Å²) in [6, 6.07) is 3.66. The first-order valence-corrected chi connectivity index (χ1v) is 21.3. The fourth-order valence-corrected chi connectivity index (χ4v) is 9.77. The highest BCUT2D eigenvalue weighted by Gasteiger charge is 2.62. The third kappa shape index (κ3) is 8.69. The Bertz CT molecular complexity index is 1820. The van der Waals surface area contributed by atoms with Gasteiger partial charge >= 0.3 is 12.2 Å². The molecule has 3 aliphatic heterocycles. The van der Waals surface area contributed by atoms with Crippen LogP contribution in [0.3, 0.4) is 0 Å². The molecule has 14 nitrogen and oxygen atoms in total. The molecule has 3 N–H and O–H groups in total. The smallest absolute Gasteiger partial charge is 0.410 e. The number of alkyl carbamates (subject to hydrolysis) is 1. The van der Waals surface area contributed by atoms with E-state index in [2.05, 4.69) is 27.5 Å². The van der Waals surface area contributed by atoms with Gasteiger partial charge in [0.15, 0.2) is 0 Å². The van der Waals surface area contributed by atoms with Crippen molar-refractivity contribution < 1.29 is 41.9 Å². The maximum atomic E-state index is 14.5. The maximum absolute atomic E-state index is 14.5. The van der Waals surface area contributed by atoms with E-state index in [-0.39, 0.29) is 31.9 Å². The normalized spacial score (nSPS) is 29.6. The molecule has 6 rings (SSSR count). The number of fused-ring (bicyclic) bond motifs is 3. The van der Waals surface area contributed by atoms with Gasteiger partial charge in [0.1, 0.15) is 23.7 Å². The summed E-state index contributed by atoms with van der Waals surface area (Å²) >= 11 is 1.67. The summed E-state index contributed by atoms with van der Waals surface area (Å²) in [6.45, 7) is 11.8. The Morgan fingerprint density at radius 1 is 1.09 bits per heavy atom. The molecule has 2 saturated carbocycles. The highest BCUT2D eigenvalue weighted by Crippen LogP contribution is 2.47. The van der Waals surface area contributed by atoms with Crippen LogP contribution in [0.1, 0.15) is 91.2 Å². The van der Waals surface area contributed by atoms with E-state index in [1.807, 2.05) is 39.0 Å². The van der Waals surface area contributed by atoms with Crippen LogP contribution in [0.4, 0.5) is 9.59 Å². The first kappa shape index (κ1) is 39.9. The van der Waals surface area contributed by atoms with Crippen LogP contribution in [0.2, 0.25) is 0 Å². The van der Waals surface area contributed by atoms with E-state index < -0.39 is 79.7 Å². The van der Waals surface area contributed by atoms with Crippen molar-refractivity contribution in [3.05, 3.63) is 41.5 Å². The minimum Gasteiger partial charge on any atom is -0.449 e. The van der Waals surface area contributed by atoms with Crippen molar-refractivity contribution in [2.75, 3.05) is 18.9 Å². The van der Waals surface area contributed by atoms with E-state index in [0.717, 1.165) is 16.0 Å². The lowest BCUT2D eigenvalue weighted by atomic mass is 9.85. The number of hydrogen-bond donors (Lipinski definition) is 3. The van der Waals surface area contributed by atoms with Crippen molar-refractivity contribution >= 4 is 51.7 Å². The van der Waals surface area contributed by atoms with E-state index in [0.29, 0.717) is 44.5 Å². The topological polar surface area (TPSA) is 181 Å². The van der Waals surface area contributed by atoms with Crippen LogP contribution in [0.25, 0.3) is 0 Å². The van der Waals surface area contributed by atoms with Gasteiger partial charge in [-0.05, 0) is 54.2 Å². The van der Waals surface area contributed by atoms with Crippen molar-refractivity contribution in [3.8, 4) is 0 Å². The number of carbonyl (C=O) groups is 5. The van der Waals surface area contributed by atoms with E-state index in [1.165, 1.54) is 4.90 Å². The minimum absolute atomic E-state index is 0.0676. The third-order valence-corrected chi connectivity index (χ3v) is 13.9. The monoisotopic (exact) mass is 787 g/mol. The van der Waals surface area contributed by atoms with Crippen LogP contribution in [0.15, 0.2) is 35.2 Å². The van der Waals surface area contributed by atoms with Crippen molar-refractivity contribution in [1.82, 2.24) is 25.2 Å². The summed E-state index contributed by atoms with van der Waals surface area (Å²) < 4.78 is 39.3. The van der Waals surface area contributed by atoms with E-state index >= 15 is 0 Å². The summed E-state index contributed by atoms with van der Waals surface area (Å²) in [5.41, 5.74) is -0.626. The number of carbonyl (C=O) groups excluding carboxylic acids is 5. The summed E-state index contributed by atoms with van der Waals surface area (Å²) in [5.74, 6) is -1.65. The number of ether oxygens (including phenoxy) is 2. The van der Waals surface area contributed by atoms with Gasteiger partial charge in [-0.2, -0.15) is 0 Å². The van der Waals surface area contributed by atoms with Gasteiger partial charge in [0.25, 0.3) is 5.91 Å². The first-order chi connectivity index (χ1) is 25.3. The van der Waals surface area contributed by atoms with Crippen molar-refractivity contribution in [2.45, 2.75) is 127 Å². The molecule has 3 fully saturated rings. The van der Waals surface area contributed by atoms with Gasteiger partial charge in [-0.1, -0.05) is 72.2 Å². The molecule has 0 aromatic heterocycles. The third-order valence-electron chi connectivity index (χ3n) is 11.0. The Morgan fingerprint density at radius 2 is 1.83 bits per heavy atom. The predicted molar refractivity (Wildman–Crippen MR) is 201 cm³/mol. The summed E-state index contributed by atoms with van der Waals surface area (Å²) in [7, 11) is -3.88. The number of allylic oxidation sites excluding steroid dienone is 1. The van der Waals surface area contributed by atoms with E-state index in [9.17, 15) is 32.4 Å². The van der Waals surface area contributed by atoms with Crippen LogP contribution in [-0.2, 0) is 47.0 Å². The number of cyclic esters (lactones) is 1. The molecule has 16 heteroatoms. The average molecular weight is 788 g/mol. The molecule has 1 aromatic rings. The van der Waals surface area contributed by atoms with Crippen molar-refractivity contribution in [1.29, 1.82) is 0 Å². The molecule has 4 bridgehead atoms. The van der Waals surface area contributed by atoms with Gasteiger partial charge in [-0.3, -0.25) is 24.0 Å². The number of benzene rings is 1. The number of sulfonamides is 1. The lowest BCUT2D eigenvalue weighted by Crippen LogP contribution is -2.60. The first-order valence-electron chi connectivity index (χ1n) is 18.8. The SMILES string of the molecule is CC[C@H]1C[C@@]1(NC(=O)C1C[C@@H]2CN1C(=O)[C@H](C(C)(C)C)NC(=O)OCC(C)(C)C/C=C/CSc1cccc3c1CN(C3)C(=O)O2)C(=O)NS(=O)(=O)C1CC1. The highest BCUT2D eigenvalue weighted by molar-refractivity contribution is 7.99. The minimum atomic E-state index is -3.88. The molecule has 1 unspecified atom stereocenters. The molecule has 1 aromatic carbocycles. The molecule has 3 heterocycles. The number of rotatable bonds is 6. The van der Waals surface area contributed by atoms with Crippen LogP contribution in [0, 0.1) is 16.7 Å². The van der Waals surface area contributed by atoms with E-state index in [1.54, 1.807) is 37.4 Å². The fourth-order valence-electron chi connectivity index (χ4n) is 7.45. The van der Waals surface area contributed by atoms with Crippen LogP contribution >= 0.6 is 11.8 Å². The van der Waals surface area contributed by atoms with Gasteiger partial charge in [0.05, 0.1) is 24.9 Å². The molecule has 5 amide bonds. The number of thioether (sulfide) groups is 1. The van der Waals surface area contributed by atoms with Gasteiger partial charge in [0, 0.05) is 29.0 Å². The number of nitrogens with zero attached hydrogens (tertiary/aromatic N) is 2. The Hall–Kier alpha value is -3.79. The molecule has 5 aliphatic rings. The van der Waals surface area contributed by atoms with Crippen LogP contribution in [-0.4, -0.2) is 96.0 Å². The molecule has 2 aliphatic carbocycles. The zero-order valence-corrected chi connectivity index (χ0v) is 33.6. The fraction of sp³-hybridized carbons (Fsp3) is 0.658. The Labute approximate surface area is 321 Å². The average Bonchev–Trinajstić information content (AvgIpc) is 3.99. The molecule has 54 heavy (non-hydrogen) atoms. The molecule has 0 radical (unpaired) electrons. The summed E-state index contributed by atoms with van der Waals surface area (Å²) in [5, 5.41) is 4.93. The Kier molecular flexibility index (Phi) is 11.1. The molecular weight excluding hydrogens is 735 g/mol. The zero-order valence-electron chi connectivity index (χ0n) is 31.9. The van der Waals surface area contributed by atoms with Crippen molar-refractivity contribution in [2.24, 2.45) is 16.7 Å². The molecule has 0 spiro atoms. The van der Waals surface area contributed by atoms with Gasteiger partial charge in [-0.25, -0.2) is 18.0 Å². The number of hydrogen-bond acceptors (Lipinski definition) is 10. The molecule has 296 valence electrons. The highest BCUT2D eigenvalue weighted by atomic mass is 32.2. The Morgan fingerprint density at radius 3 is 2.50 bits per heavy atom. The predicted octanol–water partition coefficient (Wildman–Crippen LogP) is 4.22. The lowest BCUT2D eigenvalue weighted by molar-refractivity contribution is -0.143. The number of amides is 5. The number of nitrogens with one attached hydrogen (secondary N) is 3. The van der Waals surface area contributed by atoms with Crippen LogP contribution in [0.5, 0.6) is 0 Å². The Balaban J connectivity index is 1.28. The largest absolute Gasteiger partial charge is 0.449 e. The molecular formula is C38H53N5O9S2. The zero-order chi connectivity index (χ0) is 39.2. The van der Waals surface area contributed by atoms with E-state index in [4.69, 9.17) is 9.47 Å². The second-order valence-corrected chi connectivity index (χ2v) is 20.1. The maximum Gasteiger partial charge on any atom is 0.410 e. The lowest BCUT2D eigenvalue weighted by Gasteiger charge is -2.35. The van der Waals surface area contributed by atoms with Gasteiger partial charge in [-0.15, -0.1) is 11.8 Å². The molecule has 5 atom stereocenters. The van der Waals surface area contributed by atoms with Gasteiger partial charge < -0.3 is 25.0 Å². The summed E-state index contributed by atoms with van der Waals surface area (Å²) in [4.78, 5) is 73.2. The van der Waals surface area contributed by atoms with Gasteiger partial charge in [0.2, 0.25) is 21.8 Å². The second kappa shape index (κ2) is 15.0. The summed E-state index contributed by atoms with van der Waals surface area (Å²) in [6.07, 6.45) is 4.14. The van der Waals surface area contributed by atoms with Crippen molar-refractivity contribution in [3.63, 3.8) is 0 Å². The van der Waals surface area contributed by atoms with Crippen LogP contribution < -0.4 is 15.4 Å². The second-order valence-electron chi connectivity index (χ2n) is 17.1. The standard InChI is InChI=1S/C38H53N5O9S2/c1-7-24-18-38(24,33(46)41-54(49,50)26-13-14-26)40-31(44)28-17-25-20-43(28)32(45)30(36(2,3)4)39-34(47)51-22-37(5,6)15-8-9-16-53-29-12-10-11-23-19-42(21-27(23)29)35(48)52-25/h8-12,24-26,28,30H,7,13-22H2,1-6H3,(H,39,47)(H,40,44)(H,41,46)/b9-8+/t24-,25+,28?,30+,38-/m0/s1.